The Morgan fingerprint density at radius 3 is 2.42 bits per heavy atom. The second-order valence-electron chi connectivity index (χ2n) is 6.84. The number of fused-ring (bicyclic) bond motifs is 1. The van der Waals surface area contributed by atoms with E-state index in [4.69, 9.17) is 4.74 Å². The summed E-state index contributed by atoms with van der Waals surface area (Å²) in [6.07, 6.45) is -4.76. The third kappa shape index (κ3) is 3.60. The van der Waals surface area contributed by atoms with Gasteiger partial charge in [-0.2, -0.15) is 13.2 Å². The standard InChI is InChI=1S/C21H18F3N5O2/c1-12-17(19(30)29(28(12)2)13-7-5-4-6-8-13)26-18-15-10-9-14(31-3)11-16(15)25-20(27-18)21(22,23)24/h4-11H,1-3H3,(H,25,26,27). The highest BCUT2D eigenvalue weighted by molar-refractivity contribution is 5.91. The maximum absolute atomic E-state index is 13.4. The number of rotatable bonds is 4. The lowest BCUT2D eigenvalue weighted by Crippen LogP contribution is -2.20. The zero-order chi connectivity index (χ0) is 22.3. The average Bonchev–Trinajstić information content (AvgIpc) is 2.96. The molecule has 0 aliphatic heterocycles. The van der Waals surface area contributed by atoms with Crippen LogP contribution >= 0.6 is 0 Å². The fourth-order valence-electron chi connectivity index (χ4n) is 3.29. The molecule has 2 heterocycles. The van der Waals surface area contributed by atoms with Crippen molar-refractivity contribution in [2.24, 2.45) is 7.05 Å². The Bertz CT molecular complexity index is 1330. The van der Waals surface area contributed by atoms with Crippen LogP contribution in [0, 0.1) is 6.92 Å². The summed E-state index contributed by atoms with van der Waals surface area (Å²) in [6.45, 7) is 1.69. The molecule has 4 aromatic rings. The fraction of sp³-hybridized carbons (Fsp3) is 0.190. The summed E-state index contributed by atoms with van der Waals surface area (Å²) in [5.41, 5.74) is 0.901. The molecule has 0 saturated carbocycles. The second-order valence-corrected chi connectivity index (χ2v) is 6.84. The van der Waals surface area contributed by atoms with Crippen molar-refractivity contribution in [1.82, 2.24) is 19.3 Å². The molecular weight excluding hydrogens is 411 g/mol. The Morgan fingerprint density at radius 2 is 1.77 bits per heavy atom. The van der Waals surface area contributed by atoms with Crippen LogP contribution in [0.2, 0.25) is 0 Å². The Morgan fingerprint density at radius 1 is 1.06 bits per heavy atom. The topological polar surface area (TPSA) is 74.0 Å². The van der Waals surface area contributed by atoms with Crippen LogP contribution in [0.15, 0.2) is 53.3 Å². The van der Waals surface area contributed by atoms with Gasteiger partial charge in [0.05, 0.1) is 24.0 Å². The number of ether oxygens (including phenoxy) is 1. The summed E-state index contributed by atoms with van der Waals surface area (Å²) in [5.74, 6) is -1.08. The second kappa shape index (κ2) is 7.46. The summed E-state index contributed by atoms with van der Waals surface area (Å²) >= 11 is 0. The number of aromatic nitrogens is 4. The van der Waals surface area contributed by atoms with Crippen LogP contribution < -0.4 is 15.6 Å². The van der Waals surface area contributed by atoms with E-state index in [1.807, 2.05) is 6.07 Å². The van der Waals surface area contributed by atoms with E-state index in [-0.39, 0.29) is 17.0 Å². The van der Waals surface area contributed by atoms with E-state index in [9.17, 15) is 18.0 Å². The predicted molar refractivity (Wildman–Crippen MR) is 110 cm³/mol. The number of halogens is 3. The third-order valence-corrected chi connectivity index (χ3v) is 4.96. The first-order valence-electron chi connectivity index (χ1n) is 9.24. The van der Waals surface area contributed by atoms with Crippen molar-refractivity contribution in [2.45, 2.75) is 13.1 Å². The van der Waals surface area contributed by atoms with Crippen LogP contribution in [0.25, 0.3) is 16.6 Å². The molecule has 0 unspecified atom stereocenters. The summed E-state index contributed by atoms with van der Waals surface area (Å²) in [6, 6.07) is 13.4. The van der Waals surface area contributed by atoms with Gasteiger partial charge in [-0.25, -0.2) is 14.6 Å². The number of hydrogen-bond donors (Lipinski definition) is 1. The highest BCUT2D eigenvalue weighted by Crippen LogP contribution is 2.33. The first kappa shape index (κ1) is 20.5. The third-order valence-electron chi connectivity index (χ3n) is 4.96. The van der Waals surface area contributed by atoms with Gasteiger partial charge >= 0.3 is 6.18 Å². The van der Waals surface area contributed by atoms with E-state index in [1.54, 1.807) is 55.1 Å². The monoisotopic (exact) mass is 429 g/mol. The first-order valence-corrected chi connectivity index (χ1v) is 9.24. The predicted octanol–water partition coefficient (Wildman–Crippen LogP) is 4.20. The van der Waals surface area contributed by atoms with Gasteiger partial charge in [-0.1, -0.05) is 18.2 Å². The number of benzene rings is 2. The SMILES string of the molecule is COc1ccc2c(Nc3c(C)n(C)n(-c4ccccc4)c3=O)nc(C(F)(F)F)nc2c1. The molecular formula is C21H18F3N5O2. The van der Waals surface area contributed by atoms with E-state index in [1.165, 1.54) is 17.9 Å². The van der Waals surface area contributed by atoms with Gasteiger partial charge in [0.1, 0.15) is 17.3 Å². The van der Waals surface area contributed by atoms with Crippen molar-refractivity contribution in [3.63, 3.8) is 0 Å². The summed E-state index contributed by atoms with van der Waals surface area (Å²) in [4.78, 5) is 20.4. The summed E-state index contributed by atoms with van der Waals surface area (Å²) in [5, 5.41) is 3.14. The van der Waals surface area contributed by atoms with Crippen molar-refractivity contribution < 1.29 is 17.9 Å². The van der Waals surface area contributed by atoms with Gasteiger partial charge in [-0.15, -0.1) is 0 Å². The molecule has 4 rings (SSSR count). The Hall–Kier alpha value is -3.82. The zero-order valence-electron chi connectivity index (χ0n) is 16.9. The molecule has 0 fully saturated rings. The van der Waals surface area contributed by atoms with E-state index in [0.29, 0.717) is 22.5 Å². The molecule has 0 aliphatic rings. The van der Waals surface area contributed by atoms with Crippen molar-refractivity contribution >= 4 is 22.4 Å². The van der Waals surface area contributed by atoms with Crippen LogP contribution in [-0.2, 0) is 13.2 Å². The molecule has 7 nitrogen and oxygen atoms in total. The van der Waals surface area contributed by atoms with Crippen molar-refractivity contribution in [2.75, 3.05) is 12.4 Å². The van der Waals surface area contributed by atoms with Gasteiger partial charge in [-0.3, -0.25) is 9.48 Å². The van der Waals surface area contributed by atoms with E-state index < -0.39 is 17.6 Å². The van der Waals surface area contributed by atoms with Gasteiger partial charge in [0.15, 0.2) is 0 Å². The van der Waals surface area contributed by atoms with Gasteiger partial charge in [0.2, 0.25) is 5.82 Å². The Balaban J connectivity index is 1.90. The molecule has 0 amide bonds. The number of para-hydroxylation sites is 1. The van der Waals surface area contributed by atoms with Crippen molar-refractivity contribution in [3.05, 3.63) is 70.4 Å². The van der Waals surface area contributed by atoms with Gasteiger partial charge in [-0.05, 0) is 31.2 Å². The number of alkyl halides is 3. The minimum absolute atomic E-state index is 0.0427. The average molecular weight is 429 g/mol. The van der Waals surface area contributed by atoms with Crippen molar-refractivity contribution in [1.29, 1.82) is 0 Å². The molecule has 0 bridgehead atoms. The van der Waals surface area contributed by atoms with Gasteiger partial charge in [0, 0.05) is 18.5 Å². The molecule has 0 aliphatic carbocycles. The number of nitrogens with one attached hydrogen (secondary N) is 1. The molecule has 0 saturated heterocycles. The van der Waals surface area contributed by atoms with Crippen LogP contribution in [0.1, 0.15) is 11.5 Å². The molecule has 1 N–H and O–H groups in total. The fourth-order valence-corrected chi connectivity index (χ4v) is 3.29. The van der Waals surface area contributed by atoms with Gasteiger partial charge < -0.3 is 10.1 Å². The van der Waals surface area contributed by atoms with E-state index in [2.05, 4.69) is 15.3 Å². The molecule has 0 radical (unpaired) electrons. The number of hydrogen-bond acceptors (Lipinski definition) is 5. The highest BCUT2D eigenvalue weighted by atomic mass is 19.4. The maximum atomic E-state index is 13.4. The lowest BCUT2D eigenvalue weighted by molar-refractivity contribution is -0.144. The minimum Gasteiger partial charge on any atom is -0.497 e. The minimum atomic E-state index is -4.76. The number of anilines is 2. The number of nitrogens with zero attached hydrogens (tertiary/aromatic N) is 4. The largest absolute Gasteiger partial charge is 0.497 e. The smallest absolute Gasteiger partial charge is 0.451 e. The van der Waals surface area contributed by atoms with Gasteiger partial charge in [0.25, 0.3) is 5.56 Å². The van der Waals surface area contributed by atoms with Crippen LogP contribution in [0.5, 0.6) is 5.75 Å². The molecule has 2 aromatic carbocycles. The zero-order valence-corrected chi connectivity index (χ0v) is 16.9. The summed E-state index contributed by atoms with van der Waals surface area (Å²) in [7, 11) is 3.10. The quantitative estimate of drug-likeness (QED) is 0.526. The lowest BCUT2D eigenvalue weighted by atomic mass is 10.2. The molecule has 160 valence electrons. The highest BCUT2D eigenvalue weighted by Gasteiger charge is 2.36. The molecule has 0 spiro atoms. The van der Waals surface area contributed by atoms with Crippen LogP contribution in [0.3, 0.4) is 0 Å². The van der Waals surface area contributed by atoms with E-state index in [0.717, 1.165) is 0 Å². The van der Waals surface area contributed by atoms with E-state index >= 15 is 0 Å². The molecule has 2 aromatic heterocycles. The van der Waals surface area contributed by atoms with Crippen LogP contribution in [0.4, 0.5) is 24.7 Å². The molecule has 0 atom stereocenters. The normalized spacial score (nSPS) is 11.7. The maximum Gasteiger partial charge on any atom is 0.451 e. The Labute approximate surface area is 174 Å². The number of methoxy groups -OCH3 is 1. The van der Waals surface area contributed by atoms with Crippen molar-refractivity contribution in [3.8, 4) is 11.4 Å². The molecule has 31 heavy (non-hydrogen) atoms. The molecule has 10 heteroatoms. The lowest BCUT2D eigenvalue weighted by Gasteiger charge is -2.12. The Kier molecular flexibility index (Phi) is 4.92. The first-order chi connectivity index (χ1) is 14.7. The van der Waals surface area contributed by atoms with Crippen LogP contribution in [-0.4, -0.2) is 26.4 Å². The summed E-state index contributed by atoms with van der Waals surface area (Å²) < 4.78 is 48.4.